The minimum Gasteiger partial charge on any atom is -0.463 e. The third-order valence-corrected chi connectivity index (χ3v) is 5.21. The van der Waals surface area contributed by atoms with E-state index in [1.807, 2.05) is 6.92 Å². The van der Waals surface area contributed by atoms with Crippen LogP contribution in [0.1, 0.15) is 51.0 Å². The van der Waals surface area contributed by atoms with Crippen molar-refractivity contribution in [1.29, 1.82) is 0 Å². The van der Waals surface area contributed by atoms with Crippen LogP contribution in [0.25, 0.3) is 0 Å². The highest BCUT2D eigenvalue weighted by atomic mass is 19.2. The molecule has 1 aromatic carbocycles. The van der Waals surface area contributed by atoms with Crippen LogP contribution in [0.3, 0.4) is 0 Å². The topological polar surface area (TPSA) is 65.0 Å². The second-order valence-corrected chi connectivity index (χ2v) is 7.30. The average Bonchev–Trinajstić information content (AvgIpc) is 2.69. The summed E-state index contributed by atoms with van der Waals surface area (Å²) in [4.78, 5) is 30.1. The highest BCUT2D eigenvalue weighted by Crippen LogP contribution is 2.43. The van der Waals surface area contributed by atoms with Crippen molar-refractivity contribution < 1.29 is 27.8 Å². The maximum Gasteiger partial charge on any atom is 0.315 e. The number of carbonyl (C=O) groups excluding carboxylic acids is 2. The van der Waals surface area contributed by atoms with Crippen molar-refractivity contribution in [2.75, 3.05) is 19.8 Å². The van der Waals surface area contributed by atoms with E-state index in [1.165, 1.54) is 6.07 Å². The second-order valence-electron chi connectivity index (χ2n) is 7.30. The first-order valence-electron chi connectivity index (χ1n) is 9.94. The van der Waals surface area contributed by atoms with E-state index in [2.05, 4.69) is 4.99 Å². The molecule has 2 aliphatic rings. The minimum absolute atomic E-state index is 0.0764. The summed E-state index contributed by atoms with van der Waals surface area (Å²) < 4.78 is 38.2. The maximum absolute atomic E-state index is 14.0. The van der Waals surface area contributed by atoms with Gasteiger partial charge < -0.3 is 9.47 Å². The second kappa shape index (κ2) is 9.39. The van der Waals surface area contributed by atoms with Crippen molar-refractivity contribution >= 4 is 17.5 Å². The maximum atomic E-state index is 14.0. The number of hydrogen-bond acceptors (Lipinski definition) is 5. The zero-order chi connectivity index (χ0) is 21.0. The predicted octanol–water partition coefficient (Wildman–Crippen LogP) is 4.12. The molecule has 29 heavy (non-hydrogen) atoms. The van der Waals surface area contributed by atoms with Crippen LogP contribution in [0.2, 0.25) is 0 Å². The summed E-state index contributed by atoms with van der Waals surface area (Å²) >= 11 is 0. The third kappa shape index (κ3) is 4.61. The largest absolute Gasteiger partial charge is 0.463 e. The van der Waals surface area contributed by atoms with Gasteiger partial charge in [-0.1, -0.05) is 13.0 Å². The lowest BCUT2D eigenvalue weighted by Crippen LogP contribution is -2.37. The number of Topliss-reactive ketones (excluding diaryl/α,β-unsaturated/α-hetero) is 1. The van der Waals surface area contributed by atoms with Crippen LogP contribution in [0, 0.1) is 17.6 Å². The molecule has 1 aliphatic heterocycles. The van der Waals surface area contributed by atoms with Crippen molar-refractivity contribution in [3.8, 4) is 0 Å². The molecular formula is C22H25F2NO4. The summed E-state index contributed by atoms with van der Waals surface area (Å²) in [5, 5.41) is 0. The van der Waals surface area contributed by atoms with Gasteiger partial charge in [-0.25, -0.2) is 8.78 Å². The van der Waals surface area contributed by atoms with Crippen LogP contribution in [0.15, 0.2) is 34.5 Å². The number of allylic oxidation sites excluding steroid dienone is 2. The van der Waals surface area contributed by atoms with Crippen LogP contribution in [-0.4, -0.2) is 37.3 Å². The summed E-state index contributed by atoms with van der Waals surface area (Å²) in [5.41, 5.74) is 1.92. The SMILES string of the molecule is CCCOCCOC(=O)C1C(C)=NC2=C(C(=O)CCC2)[C@H]1c1ccc(F)c(F)c1. The molecule has 1 aliphatic carbocycles. The van der Waals surface area contributed by atoms with Gasteiger partial charge in [0.2, 0.25) is 0 Å². The number of ether oxygens (including phenoxy) is 2. The number of carbonyl (C=O) groups is 2. The number of benzene rings is 1. The molecule has 1 unspecified atom stereocenters. The molecule has 0 saturated carbocycles. The lowest BCUT2D eigenvalue weighted by molar-refractivity contribution is -0.148. The smallest absolute Gasteiger partial charge is 0.315 e. The Balaban J connectivity index is 1.93. The summed E-state index contributed by atoms with van der Waals surface area (Å²) in [6, 6.07) is 3.48. The van der Waals surface area contributed by atoms with Crippen molar-refractivity contribution in [2.45, 2.75) is 45.4 Å². The number of aliphatic imine (C=N–C) groups is 1. The number of rotatable bonds is 7. The Morgan fingerprint density at radius 2 is 1.97 bits per heavy atom. The molecule has 2 atom stereocenters. The van der Waals surface area contributed by atoms with Crippen LogP contribution in [0.5, 0.6) is 0 Å². The van der Waals surface area contributed by atoms with E-state index in [1.54, 1.807) is 6.92 Å². The van der Waals surface area contributed by atoms with Crippen molar-refractivity contribution in [3.05, 3.63) is 46.7 Å². The molecule has 3 rings (SSSR count). The number of hydrogen-bond donors (Lipinski definition) is 0. The Bertz CT molecular complexity index is 862. The number of nitrogens with zero attached hydrogens (tertiary/aromatic N) is 1. The molecule has 0 radical (unpaired) electrons. The molecule has 5 nitrogen and oxygen atoms in total. The first-order valence-corrected chi connectivity index (χ1v) is 9.94. The zero-order valence-corrected chi connectivity index (χ0v) is 16.7. The first kappa shape index (κ1) is 21.3. The van der Waals surface area contributed by atoms with Gasteiger partial charge in [0.15, 0.2) is 17.4 Å². The van der Waals surface area contributed by atoms with Crippen molar-refractivity contribution in [1.82, 2.24) is 0 Å². The van der Waals surface area contributed by atoms with Crippen molar-refractivity contribution in [3.63, 3.8) is 0 Å². The van der Waals surface area contributed by atoms with E-state index in [4.69, 9.17) is 9.47 Å². The first-order chi connectivity index (χ1) is 13.9. The minimum atomic E-state index is -1.02. The highest BCUT2D eigenvalue weighted by molar-refractivity contribution is 6.08. The lowest BCUT2D eigenvalue weighted by atomic mass is 9.72. The molecule has 156 valence electrons. The highest BCUT2D eigenvalue weighted by Gasteiger charge is 2.43. The Kier molecular flexibility index (Phi) is 6.90. The van der Waals surface area contributed by atoms with Gasteiger partial charge in [0.25, 0.3) is 0 Å². The van der Waals surface area contributed by atoms with Crippen LogP contribution < -0.4 is 0 Å². The van der Waals surface area contributed by atoms with Crippen LogP contribution in [-0.2, 0) is 19.1 Å². The van der Waals surface area contributed by atoms with Gasteiger partial charge in [-0.15, -0.1) is 0 Å². The van der Waals surface area contributed by atoms with E-state index < -0.39 is 29.4 Å². The average molecular weight is 405 g/mol. The summed E-state index contributed by atoms with van der Waals surface area (Å²) in [6.07, 6.45) is 2.51. The molecule has 1 aromatic rings. The van der Waals surface area contributed by atoms with E-state index in [9.17, 15) is 18.4 Å². The summed E-state index contributed by atoms with van der Waals surface area (Å²) in [7, 11) is 0. The van der Waals surface area contributed by atoms with Gasteiger partial charge in [-0.05, 0) is 43.9 Å². The van der Waals surface area contributed by atoms with E-state index in [0.717, 1.165) is 18.6 Å². The van der Waals surface area contributed by atoms with Gasteiger partial charge in [0.05, 0.1) is 6.61 Å². The summed E-state index contributed by atoms with van der Waals surface area (Å²) in [6.45, 7) is 4.60. The van der Waals surface area contributed by atoms with Gasteiger partial charge in [0, 0.05) is 35.9 Å². The Hall–Kier alpha value is -2.41. The standard InChI is InChI=1S/C22H25F2NO4/c1-3-9-28-10-11-29-22(27)19-13(2)25-17-5-4-6-18(26)21(17)20(19)14-7-8-15(23)16(24)12-14/h7-8,12,19-20H,3-6,9-11H2,1-2H3/t19?,20-/m0/s1. The molecule has 7 heteroatoms. The molecular weight excluding hydrogens is 380 g/mol. The molecule has 0 spiro atoms. The van der Waals surface area contributed by atoms with Gasteiger partial charge in [-0.2, -0.15) is 0 Å². The fourth-order valence-corrected chi connectivity index (χ4v) is 3.91. The van der Waals surface area contributed by atoms with Crippen LogP contribution in [0.4, 0.5) is 8.78 Å². The number of esters is 1. The Morgan fingerprint density at radius 1 is 1.17 bits per heavy atom. The van der Waals surface area contributed by atoms with E-state index in [-0.39, 0.29) is 19.0 Å². The summed E-state index contributed by atoms with van der Waals surface area (Å²) in [5.74, 6) is -4.27. The quantitative estimate of drug-likeness (QED) is 0.506. The lowest BCUT2D eigenvalue weighted by Gasteiger charge is -2.34. The molecule has 0 aromatic heterocycles. The predicted molar refractivity (Wildman–Crippen MR) is 104 cm³/mol. The van der Waals surface area contributed by atoms with Crippen LogP contribution >= 0.6 is 0 Å². The Morgan fingerprint density at radius 3 is 2.69 bits per heavy atom. The monoisotopic (exact) mass is 405 g/mol. The molecule has 0 amide bonds. The van der Waals surface area contributed by atoms with Crippen molar-refractivity contribution in [2.24, 2.45) is 10.9 Å². The Labute approximate surface area is 168 Å². The fourth-order valence-electron chi connectivity index (χ4n) is 3.91. The van der Waals surface area contributed by atoms with E-state index in [0.29, 0.717) is 48.4 Å². The molecule has 0 N–H and O–H groups in total. The fraction of sp³-hybridized carbons (Fsp3) is 0.500. The molecule has 0 fully saturated rings. The molecule has 0 saturated heterocycles. The number of ketones is 1. The van der Waals surface area contributed by atoms with Gasteiger partial charge in [0.1, 0.15) is 12.5 Å². The number of halogens is 2. The van der Waals surface area contributed by atoms with Gasteiger partial charge in [-0.3, -0.25) is 14.6 Å². The van der Waals surface area contributed by atoms with Gasteiger partial charge >= 0.3 is 5.97 Å². The zero-order valence-electron chi connectivity index (χ0n) is 16.7. The normalized spacial score (nSPS) is 21.7. The third-order valence-electron chi connectivity index (χ3n) is 5.21. The molecule has 1 heterocycles. The molecule has 0 bridgehead atoms. The van der Waals surface area contributed by atoms with E-state index >= 15 is 0 Å².